The van der Waals surface area contributed by atoms with Gasteiger partial charge in [-0.25, -0.2) is 4.79 Å². The molecule has 0 bridgehead atoms. The molecule has 3 rings (SSSR count). The lowest BCUT2D eigenvalue weighted by Gasteiger charge is -2.18. The van der Waals surface area contributed by atoms with Gasteiger partial charge in [0.2, 0.25) is 0 Å². The summed E-state index contributed by atoms with van der Waals surface area (Å²) in [7, 11) is 0. The number of fused-ring (bicyclic) bond motifs is 1. The third-order valence-electron chi connectivity index (χ3n) is 3.67. The van der Waals surface area contributed by atoms with E-state index in [0.29, 0.717) is 13.0 Å². The van der Waals surface area contributed by atoms with Gasteiger partial charge in [-0.1, -0.05) is 12.1 Å². The van der Waals surface area contributed by atoms with Crippen molar-refractivity contribution >= 4 is 18.0 Å². The topological polar surface area (TPSA) is 120 Å². The van der Waals surface area contributed by atoms with Crippen LogP contribution in [0, 0.1) is 10.1 Å². The molecule has 1 aliphatic rings. The van der Waals surface area contributed by atoms with Gasteiger partial charge in [-0.3, -0.25) is 9.56 Å². The molecule has 0 amide bonds. The molecule has 24 heavy (non-hydrogen) atoms. The molecule has 1 aromatic heterocycles. The number of aliphatic imine (C=N–C) groups is 1. The molecule has 1 atom stereocenters. The van der Waals surface area contributed by atoms with Gasteiger partial charge in [0.05, 0.1) is 18.2 Å². The first-order valence-electron chi connectivity index (χ1n) is 7.21. The Labute approximate surface area is 136 Å². The number of imidazole rings is 1. The van der Waals surface area contributed by atoms with E-state index < -0.39 is 10.9 Å². The Morgan fingerprint density at radius 3 is 2.83 bits per heavy atom. The van der Waals surface area contributed by atoms with Crippen LogP contribution in [0.1, 0.15) is 22.0 Å². The van der Waals surface area contributed by atoms with Crippen molar-refractivity contribution < 1.29 is 19.6 Å². The van der Waals surface area contributed by atoms with Gasteiger partial charge in [0.1, 0.15) is 12.8 Å². The third kappa shape index (κ3) is 3.24. The Balaban J connectivity index is 1.88. The van der Waals surface area contributed by atoms with Gasteiger partial charge in [-0.05, 0) is 29.0 Å². The van der Waals surface area contributed by atoms with Gasteiger partial charge in [0.25, 0.3) is 0 Å². The van der Waals surface area contributed by atoms with Crippen LogP contribution in [0.15, 0.2) is 35.5 Å². The zero-order chi connectivity index (χ0) is 17.1. The van der Waals surface area contributed by atoms with Crippen molar-refractivity contribution in [2.24, 2.45) is 4.99 Å². The van der Waals surface area contributed by atoms with E-state index in [-0.39, 0.29) is 30.0 Å². The first kappa shape index (κ1) is 15.7. The van der Waals surface area contributed by atoms with Crippen LogP contribution in [-0.4, -0.2) is 44.9 Å². The molecule has 9 nitrogen and oxygen atoms in total. The van der Waals surface area contributed by atoms with E-state index in [1.807, 2.05) is 0 Å². The molecule has 0 aliphatic carbocycles. The summed E-state index contributed by atoms with van der Waals surface area (Å²) in [5.74, 6) is -1.27. The Morgan fingerprint density at radius 1 is 1.42 bits per heavy atom. The molecule has 1 aromatic carbocycles. The molecular weight excluding hydrogens is 316 g/mol. The molecule has 0 fully saturated rings. The number of carboxylic acids is 1. The lowest BCUT2D eigenvalue weighted by atomic mass is 10.0. The van der Waals surface area contributed by atoms with Crippen molar-refractivity contribution in [2.45, 2.75) is 12.5 Å². The van der Waals surface area contributed by atoms with Crippen LogP contribution in [0.4, 0.5) is 5.82 Å². The predicted molar refractivity (Wildman–Crippen MR) is 83.9 cm³/mol. The van der Waals surface area contributed by atoms with Gasteiger partial charge in [0, 0.05) is 11.2 Å². The van der Waals surface area contributed by atoms with Crippen molar-refractivity contribution in [2.75, 3.05) is 13.2 Å². The van der Waals surface area contributed by atoms with E-state index in [4.69, 9.17) is 9.84 Å². The number of aromatic carboxylic acids is 1. The second-order valence-electron chi connectivity index (χ2n) is 5.26. The smallest absolute Gasteiger partial charge is 0.414 e. The molecule has 124 valence electrons. The van der Waals surface area contributed by atoms with Crippen molar-refractivity contribution in [1.29, 1.82) is 0 Å². The summed E-state index contributed by atoms with van der Waals surface area (Å²) >= 11 is 0. The molecule has 2 aromatic rings. The Kier molecular flexibility index (Phi) is 4.23. The fourth-order valence-corrected chi connectivity index (χ4v) is 2.49. The minimum absolute atomic E-state index is 0.181. The summed E-state index contributed by atoms with van der Waals surface area (Å²) in [6, 6.07) is 6.46. The quantitative estimate of drug-likeness (QED) is 0.673. The lowest BCUT2D eigenvalue weighted by molar-refractivity contribution is -0.389. The first-order valence-corrected chi connectivity index (χ1v) is 7.21. The number of carbonyl (C=O) groups is 1. The van der Waals surface area contributed by atoms with Crippen LogP contribution in [0.5, 0.6) is 6.01 Å². The van der Waals surface area contributed by atoms with E-state index in [2.05, 4.69) is 9.98 Å². The van der Waals surface area contributed by atoms with E-state index in [1.54, 1.807) is 22.9 Å². The number of benzene rings is 1. The minimum atomic E-state index is -0.988. The van der Waals surface area contributed by atoms with Crippen molar-refractivity contribution in [3.63, 3.8) is 0 Å². The molecule has 1 N–H and O–H groups in total. The predicted octanol–water partition coefficient (Wildman–Crippen LogP) is 1.74. The molecule has 0 radical (unpaired) electrons. The summed E-state index contributed by atoms with van der Waals surface area (Å²) in [4.78, 5) is 29.4. The number of ether oxygens (including phenoxy) is 1. The second kappa shape index (κ2) is 6.49. The zero-order valence-corrected chi connectivity index (χ0v) is 12.5. The number of hydrogen-bond acceptors (Lipinski definition) is 6. The molecule has 0 saturated carbocycles. The Morgan fingerprint density at radius 2 is 2.17 bits per heavy atom. The minimum Gasteiger partial charge on any atom is -0.478 e. The van der Waals surface area contributed by atoms with Gasteiger partial charge >= 0.3 is 17.8 Å². The van der Waals surface area contributed by atoms with Crippen molar-refractivity contribution in [3.8, 4) is 6.01 Å². The molecule has 1 unspecified atom stereocenters. The molecule has 1 aliphatic heterocycles. The standard InChI is InChI=1S/C15H14N4O5/c20-14(21)11-3-1-10(2-4-11)7-12-8-16-5-6-24-15-17-13(19(22)23)9-18(12)15/h1-5,9,12H,6-8H2,(H,20,21). The summed E-state index contributed by atoms with van der Waals surface area (Å²) in [6.07, 6.45) is 3.46. The fraction of sp³-hybridized carbons (Fsp3) is 0.267. The maximum absolute atomic E-state index is 10.9. The number of carboxylic acid groups (broad SMARTS) is 1. The van der Waals surface area contributed by atoms with Gasteiger partial charge in [0.15, 0.2) is 0 Å². The van der Waals surface area contributed by atoms with Crippen molar-refractivity contribution in [3.05, 3.63) is 51.7 Å². The average Bonchev–Trinajstić information content (AvgIpc) is 2.95. The van der Waals surface area contributed by atoms with Gasteiger partial charge in [-0.2, -0.15) is 0 Å². The molecular formula is C15H14N4O5. The zero-order valence-electron chi connectivity index (χ0n) is 12.5. The average molecular weight is 330 g/mol. The van der Waals surface area contributed by atoms with Crippen LogP contribution in [0.3, 0.4) is 0 Å². The number of nitrogens with zero attached hydrogens (tertiary/aromatic N) is 4. The maximum Gasteiger partial charge on any atom is 0.414 e. The van der Waals surface area contributed by atoms with Crippen molar-refractivity contribution in [1.82, 2.24) is 9.55 Å². The normalized spacial score (nSPS) is 16.6. The maximum atomic E-state index is 10.9. The van der Waals surface area contributed by atoms with E-state index in [0.717, 1.165) is 5.56 Å². The molecule has 0 saturated heterocycles. The third-order valence-corrected chi connectivity index (χ3v) is 3.67. The number of nitro groups is 1. The first-order chi connectivity index (χ1) is 11.5. The number of rotatable bonds is 4. The highest BCUT2D eigenvalue weighted by atomic mass is 16.6. The number of aromatic nitrogens is 2. The SMILES string of the molecule is O=C(O)c1ccc(CC2CN=CCOc3nc([N+](=O)[O-])cn32)cc1. The Hall–Kier alpha value is -3.23. The summed E-state index contributed by atoms with van der Waals surface area (Å²) in [5, 5.41) is 19.9. The highest BCUT2D eigenvalue weighted by molar-refractivity contribution is 5.87. The molecule has 9 heteroatoms. The molecule has 0 spiro atoms. The van der Waals surface area contributed by atoms with Gasteiger partial charge < -0.3 is 20.0 Å². The fourth-order valence-electron chi connectivity index (χ4n) is 2.49. The van der Waals surface area contributed by atoms with Crippen LogP contribution in [0.2, 0.25) is 0 Å². The monoisotopic (exact) mass is 330 g/mol. The van der Waals surface area contributed by atoms with E-state index in [1.165, 1.54) is 18.3 Å². The van der Waals surface area contributed by atoms with E-state index >= 15 is 0 Å². The van der Waals surface area contributed by atoms with Crippen LogP contribution < -0.4 is 4.74 Å². The van der Waals surface area contributed by atoms with Crippen LogP contribution in [0.25, 0.3) is 0 Å². The summed E-state index contributed by atoms with van der Waals surface area (Å²) in [5.41, 5.74) is 1.10. The second-order valence-corrected chi connectivity index (χ2v) is 5.26. The Bertz CT molecular complexity index is 797. The molecule has 2 heterocycles. The summed E-state index contributed by atoms with van der Waals surface area (Å²) in [6.45, 7) is 0.624. The largest absolute Gasteiger partial charge is 0.478 e. The highest BCUT2D eigenvalue weighted by Crippen LogP contribution is 2.26. The lowest BCUT2D eigenvalue weighted by Crippen LogP contribution is -2.19. The van der Waals surface area contributed by atoms with Crippen LogP contribution >= 0.6 is 0 Å². The van der Waals surface area contributed by atoms with Crippen LogP contribution in [-0.2, 0) is 6.42 Å². The van der Waals surface area contributed by atoms with E-state index in [9.17, 15) is 14.9 Å². The summed E-state index contributed by atoms with van der Waals surface area (Å²) < 4.78 is 7.01. The van der Waals surface area contributed by atoms with Gasteiger partial charge in [-0.15, -0.1) is 0 Å². The number of hydrogen-bond donors (Lipinski definition) is 1. The highest BCUT2D eigenvalue weighted by Gasteiger charge is 2.26.